The first-order chi connectivity index (χ1) is 3.77. The van der Waals surface area contributed by atoms with Crippen molar-refractivity contribution in [3.63, 3.8) is 0 Å². The van der Waals surface area contributed by atoms with Crippen LogP contribution in [0.1, 0.15) is 12.8 Å². The first kappa shape index (κ1) is 7.69. The van der Waals surface area contributed by atoms with Crippen LogP contribution >= 0.6 is 0 Å². The van der Waals surface area contributed by atoms with Crippen LogP contribution in [0, 0.1) is 0 Å². The molecule has 1 N–H and O–H groups in total. The van der Waals surface area contributed by atoms with Gasteiger partial charge in [-0.15, -0.1) is 0 Å². The van der Waals surface area contributed by atoms with Gasteiger partial charge in [-0.1, -0.05) is 12.6 Å². The van der Waals surface area contributed by atoms with Gasteiger partial charge in [0.15, 0.2) is 0 Å². The highest BCUT2D eigenvalue weighted by Crippen LogP contribution is 1.93. The molecule has 0 aromatic heterocycles. The van der Waals surface area contributed by atoms with Crippen molar-refractivity contribution in [3.8, 4) is 0 Å². The van der Waals surface area contributed by atoms with Crippen molar-refractivity contribution in [3.05, 3.63) is 0 Å². The lowest BCUT2D eigenvalue weighted by molar-refractivity contribution is -0.137. The normalized spacial score (nSPS) is 9.12. The van der Waals surface area contributed by atoms with Gasteiger partial charge in [0, 0.05) is 15.9 Å². The molecule has 0 amide bonds. The van der Waals surface area contributed by atoms with Crippen molar-refractivity contribution >= 4 is 15.5 Å². The van der Waals surface area contributed by atoms with Gasteiger partial charge in [0.1, 0.15) is 0 Å². The molecule has 0 heterocycles. The van der Waals surface area contributed by atoms with Gasteiger partial charge in [-0.2, -0.15) is 0 Å². The second kappa shape index (κ2) is 4.84. The maximum atomic E-state index is 9.88. The van der Waals surface area contributed by atoms with Crippen molar-refractivity contribution in [1.82, 2.24) is 0 Å². The molecule has 0 aromatic carbocycles. The Balaban J connectivity index is 2.82. The Hall–Kier alpha value is -0.313. The molecule has 0 aromatic rings. The monoisotopic (exact) mass is 130 g/mol. The van der Waals surface area contributed by atoms with E-state index >= 15 is 0 Å². The van der Waals surface area contributed by atoms with Crippen LogP contribution in [0.5, 0.6) is 0 Å². The van der Waals surface area contributed by atoms with Crippen molar-refractivity contribution in [2.45, 2.75) is 25.4 Å². The summed E-state index contributed by atoms with van der Waals surface area (Å²) in [6, 6.07) is 1.06. The van der Waals surface area contributed by atoms with Gasteiger partial charge in [-0.3, -0.25) is 4.79 Å². The number of carboxylic acid groups (broad SMARTS) is 1. The maximum absolute atomic E-state index is 9.88. The molecule has 0 aliphatic rings. The van der Waals surface area contributed by atoms with Gasteiger partial charge in [-0.25, -0.2) is 0 Å². The predicted molar refractivity (Wildman–Crippen MR) is 33.3 cm³/mol. The molecule has 0 atom stereocenters. The van der Waals surface area contributed by atoms with E-state index in [0.29, 0.717) is 6.42 Å². The molecular formula is C5H10O2Si. The standard InChI is InChI=1S/C5H10O2Si/c1-8-4-2-3-5(6)7/h2-4H2,1H3,(H,6,7). The molecule has 0 aliphatic heterocycles. The molecule has 0 unspecified atom stereocenters. The lowest BCUT2D eigenvalue weighted by atomic mass is 10.3. The lowest BCUT2D eigenvalue weighted by Crippen LogP contribution is -1.94. The fraction of sp³-hybridized carbons (Fsp3) is 0.800. The largest absolute Gasteiger partial charge is 0.481 e. The first-order valence-electron chi connectivity index (χ1n) is 2.63. The molecule has 0 spiro atoms. The van der Waals surface area contributed by atoms with E-state index in [4.69, 9.17) is 5.11 Å². The molecule has 0 saturated heterocycles. The van der Waals surface area contributed by atoms with E-state index in [-0.39, 0.29) is 0 Å². The van der Waals surface area contributed by atoms with E-state index in [1.54, 1.807) is 0 Å². The number of rotatable bonds is 4. The summed E-state index contributed by atoms with van der Waals surface area (Å²) >= 11 is 0. The van der Waals surface area contributed by atoms with Gasteiger partial charge in [0.2, 0.25) is 0 Å². The highest BCUT2D eigenvalue weighted by atomic mass is 28.2. The highest BCUT2D eigenvalue weighted by molar-refractivity contribution is 6.33. The maximum Gasteiger partial charge on any atom is 0.303 e. The molecule has 0 saturated carbocycles. The van der Waals surface area contributed by atoms with Gasteiger partial charge < -0.3 is 5.11 Å². The van der Waals surface area contributed by atoms with E-state index in [1.165, 1.54) is 0 Å². The molecule has 0 rings (SSSR count). The van der Waals surface area contributed by atoms with Gasteiger partial charge in [0.25, 0.3) is 0 Å². The summed E-state index contributed by atoms with van der Waals surface area (Å²) in [5.41, 5.74) is 0. The third-order valence-corrected chi connectivity index (χ3v) is 1.67. The molecule has 46 valence electrons. The zero-order chi connectivity index (χ0) is 6.41. The Morgan fingerprint density at radius 3 is 2.75 bits per heavy atom. The van der Waals surface area contributed by atoms with E-state index in [0.717, 1.165) is 22.0 Å². The summed E-state index contributed by atoms with van der Waals surface area (Å²) < 4.78 is 0. The van der Waals surface area contributed by atoms with Crippen LogP contribution < -0.4 is 0 Å². The summed E-state index contributed by atoms with van der Waals surface area (Å²) in [6.45, 7) is 2.09. The Labute approximate surface area is 51.7 Å². The topological polar surface area (TPSA) is 37.3 Å². The number of hydrogen-bond acceptors (Lipinski definition) is 1. The van der Waals surface area contributed by atoms with E-state index in [2.05, 4.69) is 6.55 Å². The number of carbonyl (C=O) groups is 1. The van der Waals surface area contributed by atoms with Gasteiger partial charge >= 0.3 is 5.97 Å². The quantitative estimate of drug-likeness (QED) is 0.455. The molecule has 8 heavy (non-hydrogen) atoms. The number of carboxylic acids is 1. The minimum atomic E-state index is -0.678. The minimum absolute atomic E-state index is 0.334. The average Bonchev–Trinajstić information content (AvgIpc) is 1.66. The second-order valence-electron chi connectivity index (χ2n) is 1.60. The van der Waals surface area contributed by atoms with Crippen molar-refractivity contribution in [2.24, 2.45) is 0 Å². The Morgan fingerprint density at radius 1 is 1.75 bits per heavy atom. The summed E-state index contributed by atoms with van der Waals surface area (Å²) in [6.07, 6.45) is 1.17. The molecule has 2 nitrogen and oxygen atoms in total. The Bertz CT molecular complexity index is 72.8. The van der Waals surface area contributed by atoms with Crippen LogP contribution in [0.4, 0.5) is 0 Å². The summed E-state index contributed by atoms with van der Waals surface area (Å²) in [5.74, 6) is -0.678. The van der Waals surface area contributed by atoms with E-state index in [1.807, 2.05) is 0 Å². The third-order valence-electron chi connectivity index (χ3n) is 0.817. The number of hydrogen-bond donors (Lipinski definition) is 1. The SMILES string of the molecule is C[Si]CCCC(=O)O. The smallest absolute Gasteiger partial charge is 0.303 e. The van der Waals surface area contributed by atoms with E-state index < -0.39 is 5.97 Å². The third kappa shape index (κ3) is 5.69. The first-order valence-corrected chi connectivity index (χ1v) is 4.34. The van der Waals surface area contributed by atoms with Crippen LogP contribution in [0.3, 0.4) is 0 Å². The molecule has 3 heteroatoms. The van der Waals surface area contributed by atoms with Crippen LogP contribution in [-0.4, -0.2) is 20.6 Å². The second-order valence-corrected chi connectivity index (χ2v) is 2.81. The minimum Gasteiger partial charge on any atom is -0.481 e. The highest BCUT2D eigenvalue weighted by Gasteiger charge is 1.93. The fourth-order valence-corrected chi connectivity index (χ4v) is 0.947. The summed E-state index contributed by atoms with van der Waals surface area (Å²) in [5, 5.41) is 8.14. The summed E-state index contributed by atoms with van der Waals surface area (Å²) in [7, 11) is 0.894. The van der Waals surface area contributed by atoms with E-state index in [9.17, 15) is 4.79 Å². The van der Waals surface area contributed by atoms with Crippen LogP contribution in [0.2, 0.25) is 12.6 Å². The van der Waals surface area contributed by atoms with Gasteiger partial charge in [0.05, 0.1) is 0 Å². The van der Waals surface area contributed by atoms with Crippen LogP contribution in [-0.2, 0) is 4.79 Å². The van der Waals surface area contributed by atoms with Crippen molar-refractivity contribution in [2.75, 3.05) is 0 Å². The number of aliphatic carboxylic acids is 1. The molecule has 0 fully saturated rings. The molecule has 0 aliphatic carbocycles. The van der Waals surface area contributed by atoms with Crippen molar-refractivity contribution in [1.29, 1.82) is 0 Å². The van der Waals surface area contributed by atoms with Crippen LogP contribution in [0.15, 0.2) is 0 Å². The zero-order valence-electron chi connectivity index (χ0n) is 4.98. The van der Waals surface area contributed by atoms with Crippen molar-refractivity contribution < 1.29 is 9.90 Å². The van der Waals surface area contributed by atoms with Gasteiger partial charge in [-0.05, 0) is 6.42 Å². The molecular weight excluding hydrogens is 120 g/mol. The Kier molecular flexibility index (Phi) is 4.65. The fourth-order valence-electron chi connectivity index (χ4n) is 0.416. The van der Waals surface area contributed by atoms with Crippen LogP contribution in [0.25, 0.3) is 0 Å². The zero-order valence-corrected chi connectivity index (χ0v) is 5.98. The Morgan fingerprint density at radius 2 is 2.38 bits per heavy atom. The molecule has 2 radical (unpaired) electrons. The summed E-state index contributed by atoms with van der Waals surface area (Å²) in [4.78, 5) is 9.88. The molecule has 0 bridgehead atoms. The lowest BCUT2D eigenvalue weighted by Gasteiger charge is -1.89. The average molecular weight is 130 g/mol. The predicted octanol–water partition coefficient (Wildman–Crippen LogP) is 1.02.